The lowest BCUT2D eigenvalue weighted by Crippen LogP contribution is -2.18. The quantitative estimate of drug-likeness (QED) is 0.378. The molecule has 0 amide bonds. The van der Waals surface area contributed by atoms with E-state index in [1.807, 2.05) is 19.0 Å². The Bertz CT molecular complexity index is 943. The Morgan fingerprint density at radius 3 is 1.78 bits per heavy atom. The van der Waals surface area contributed by atoms with Gasteiger partial charge in [-0.3, -0.25) is 4.79 Å². The van der Waals surface area contributed by atoms with Crippen LogP contribution in [0.2, 0.25) is 20.1 Å². The van der Waals surface area contributed by atoms with Gasteiger partial charge in [0.05, 0.1) is 31.2 Å². The topological polar surface area (TPSA) is 60.9 Å². The largest absolute Gasteiger partial charge is 0.478 e. The van der Waals surface area contributed by atoms with Crippen molar-refractivity contribution in [3.8, 4) is 0 Å². The average Bonchev–Trinajstić information content (AvgIpc) is 2.61. The normalized spacial score (nSPS) is 10.7. The Morgan fingerprint density at radius 1 is 0.815 bits per heavy atom. The number of halogens is 4. The highest BCUT2D eigenvalue weighted by molar-refractivity contribution is 6.54. The third kappa shape index (κ3) is 3.97. The van der Waals surface area contributed by atoms with Gasteiger partial charge in [0.15, 0.2) is 5.78 Å². The molecule has 0 saturated heterocycles. The van der Waals surface area contributed by atoms with Crippen molar-refractivity contribution in [3.63, 3.8) is 0 Å². The van der Waals surface area contributed by atoms with Crippen LogP contribution >= 0.6 is 46.4 Å². The SMILES string of the molecule is CN(C)c1ccc(C(=O)c2c(Cl)c(Cl)c(Cl)c(Cl)c2C(=O)O)c(N(C)C)c1. The number of benzene rings is 2. The number of aromatic carboxylic acids is 1. The molecule has 0 radical (unpaired) electrons. The molecule has 0 fully saturated rings. The van der Waals surface area contributed by atoms with Crippen LogP contribution in [-0.2, 0) is 0 Å². The Kier molecular flexibility index (Phi) is 6.53. The van der Waals surface area contributed by atoms with Gasteiger partial charge in [-0.25, -0.2) is 4.79 Å². The standard InChI is InChI=1S/C18H16Cl4N2O3/c1-23(2)8-5-6-9(10(7-8)24(3)4)17(25)11-12(18(26)27)14(20)16(22)15(21)13(11)19/h5-7H,1-4H3,(H,26,27). The Morgan fingerprint density at radius 2 is 1.33 bits per heavy atom. The van der Waals surface area contributed by atoms with E-state index in [2.05, 4.69) is 0 Å². The van der Waals surface area contributed by atoms with E-state index in [-0.39, 0.29) is 31.2 Å². The minimum Gasteiger partial charge on any atom is -0.478 e. The molecule has 0 aromatic heterocycles. The minimum absolute atomic E-state index is 0.173. The van der Waals surface area contributed by atoms with Crippen molar-refractivity contribution in [1.82, 2.24) is 0 Å². The van der Waals surface area contributed by atoms with Crippen molar-refractivity contribution in [3.05, 3.63) is 55.0 Å². The molecule has 0 aliphatic carbocycles. The monoisotopic (exact) mass is 448 g/mol. The molecule has 9 heteroatoms. The second-order valence-corrected chi connectivity index (χ2v) is 7.64. The van der Waals surface area contributed by atoms with Crippen LogP contribution in [0, 0.1) is 0 Å². The summed E-state index contributed by atoms with van der Waals surface area (Å²) in [6.45, 7) is 0. The molecule has 1 N–H and O–H groups in total. The van der Waals surface area contributed by atoms with E-state index in [0.29, 0.717) is 5.69 Å². The van der Waals surface area contributed by atoms with Crippen LogP contribution in [0.15, 0.2) is 18.2 Å². The minimum atomic E-state index is -1.43. The van der Waals surface area contributed by atoms with E-state index < -0.39 is 17.3 Å². The van der Waals surface area contributed by atoms with Gasteiger partial charge in [0.1, 0.15) is 0 Å². The second-order valence-electron chi connectivity index (χ2n) is 6.13. The van der Waals surface area contributed by atoms with Gasteiger partial charge in [-0.1, -0.05) is 46.4 Å². The molecule has 0 aliphatic heterocycles. The maximum Gasteiger partial charge on any atom is 0.338 e. The first kappa shape index (κ1) is 21.6. The fourth-order valence-electron chi connectivity index (χ4n) is 2.54. The van der Waals surface area contributed by atoms with Crippen molar-refractivity contribution in [2.45, 2.75) is 0 Å². The van der Waals surface area contributed by atoms with Crippen molar-refractivity contribution in [2.75, 3.05) is 38.0 Å². The van der Waals surface area contributed by atoms with Gasteiger partial charge in [0, 0.05) is 45.1 Å². The number of carboxylic acids is 1. The molecule has 0 unspecified atom stereocenters. The molecule has 2 aromatic carbocycles. The summed E-state index contributed by atoms with van der Waals surface area (Å²) < 4.78 is 0. The second kappa shape index (κ2) is 8.15. The summed E-state index contributed by atoms with van der Waals surface area (Å²) in [5.74, 6) is -2.05. The van der Waals surface area contributed by atoms with E-state index >= 15 is 0 Å². The molecule has 0 atom stereocenters. The highest BCUT2D eigenvalue weighted by Gasteiger charge is 2.30. The molecule has 0 saturated carbocycles. The van der Waals surface area contributed by atoms with Crippen molar-refractivity contribution >= 4 is 69.5 Å². The van der Waals surface area contributed by atoms with Crippen LogP contribution in [0.3, 0.4) is 0 Å². The van der Waals surface area contributed by atoms with Gasteiger partial charge in [0.2, 0.25) is 0 Å². The number of carbonyl (C=O) groups is 2. The Balaban J connectivity index is 2.82. The predicted octanol–water partition coefficient (Wildman–Crippen LogP) is 5.36. The van der Waals surface area contributed by atoms with Crippen LogP contribution in [0.1, 0.15) is 26.3 Å². The molecule has 2 rings (SSSR count). The first-order valence-corrected chi connectivity index (χ1v) is 9.12. The van der Waals surface area contributed by atoms with Gasteiger partial charge in [0.25, 0.3) is 0 Å². The highest BCUT2D eigenvalue weighted by Crippen LogP contribution is 2.43. The van der Waals surface area contributed by atoms with Crippen LogP contribution in [0.4, 0.5) is 11.4 Å². The summed E-state index contributed by atoms with van der Waals surface area (Å²) in [5.41, 5.74) is 0.920. The van der Waals surface area contributed by atoms with Crippen LogP contribution in [0.5, 0.6) is 0 Å². The zero-order valence-corrected chi connectivity index (χ0v) is 17.9. The number of nitrogens with zero attached hydrogens (tertiary/aromatic N) is 2. The predicted molar refractivity (Wildman–Crippen MR) is 112 cm³/mol. The number of hydrogen-bond donors (Lipinski definition) is 1. The maximum atomic E-state index is 13.3. The number of carboxylic acid groups (broad SMARTS) is 1. The van der Waals surface area contributed by atoms with Crippen LogP contribution in [0.25, 0.3) is 0 Å². The third-order valence-electron chi connectivity index (χ3n) is 3.93. The molecule has 27 heavy (non-hydrogen) atoms. The molecule has 5 nitrogen and oxygen atoms in total. The summed E-state index contributed by atoms with van der Waals surface area (Å²) >= 11 is 24.3. The molecule has 144 valence electrons. The zero-order valence-electron chi connectivity index (χ0n) is 14.9. The number of carbonyl (C=O) groups excluding carboxylic acids is 1. The van der Waals surface area contributed by atoms with Crippen molar-refractivity contribution in [2.24, 2.45) is 0 Å². The number of anilines is 2. The lowest BCUT2D eigenvalue weighted by atomic mass is 9.96. The number of ketones is 1. The summed E-state index contributed by atoms with van der Waals surface area (Å²) in [6, 6.07) is 5.15. The van der Waals surface area contributed by atoms with Gasteiger partial charge < -0.3 is 14.9 Å². The maximum absolute atomic E-state index is 13.3. The molecule has 0 aliphatic rings. The van der Waals surface area contributed by atoms with Gasteiger partial charge in [-0.05, 0) is 18.2 Å². The lowest BCUT2D eigenvalue weighted by molar-refractivity contribution is 0.0693. The first-order chi connectivity index (χ1) is 12.5. The summed E-state index contributed by atoms with van der Waals surface area (Å²) in [5, 5.41) is 8.59. The third-order valence-corrected chi connectivity index (χ3v) is 5.73. The van der Waals surface area contributed by atoms with E-state index in [1.54, 1.807) is 37.2 Å². The Hall–Kier alpha value is -1.66. The summed E-state index contributed by atoms with van der Waals surface area (Å²) in [6.07, 6.45) is 0. The summed E-state index contributed by atoms with van der Waals surface area (Å²) in [4.78, 5) is 28.6. The van der Waals surface area contributed by atoms with Crippen molar-refractivity contribution in [1.29, 1.82) is 0 Å². The average molecular weight is 450 g/mol. The van der Waals surface area contributed by atoms with Gasteiger partial charge >= 0.3 is 5.97 Å². The van der Waals surface area contributed by atoms with E-state index in [9.17, 15) is 14.7 Å². The molecule has 2 aromatic rings. The molecular weight excluding hydrogens is 434 g/mol. The lowest BCUT2D eigenvalue weighted by Gasteiger charge is -2.22. The van der Waals surface area contributed by atoms with Crippen molar-refractivity contribution < 1.29 is 14.7 Å². The van der Waals surface area contributed by atoms with E-state index in [1.165, 1.54) is 0 Å². The van der Waals surface area contributed by atoms with Crippen LogP contribution < -0.4 is 9.80 Å². The number of rotatable bonds is 5. The molecular formula is C18H16Cl4N2O3. The fourth-order valence-corrected chi connectivity index (χ4v) is 3.56. The van der Waals surface area contributed by atoms with Crippen LogP contribution in [-0.4, -0.2) is 45.0 Å². The van der Waals surface area contributed by atoms with Gasteiger partial charge in [-0.15, -0.1) is 0 Å². The van der Waals surface area contributed by atoms with Gasteiger partial charge in [-0.2, -0.15) is 0 Å². The molecule has 0 heterocycles. The zero-order chi connectivity index (χ0) is 20.6. The smallest absolute Gasteiger partial charge is 0.338 e. The van der Waals surface area contributed by atoms with E-state index in [4.69, 9.17) is 46.4 Å². The Labute approximate surface area is 177 Å². The van der Waals surface area contributed by atoms with E-state index in [0.717, 1.165) is 5.69 Å². The molecule has 0 bridgehead atoms. The summed E-state index contributed by atoms with van der Waals surface area (Å²) in [7, 11) is 7.28. The number of hydrogen-bond acceptors (Lipinski definition) is 4. The molecule has 0 spiro atoms. The first-order valence-electron chi connectivity index (χ1n) is 7.61. The fraction of sp³-hybridized carbons (Fsp3) is 0.222. The highest BCUT2D eigenvalue weighted by atomic mass is 35.5.